The number of halogens is 2. The van der Waals surface area contributed by atoms with Crippen LogP contribution in [0.3, 0.4) is 0 Å². The van der Waals surface area contributed by atoms with Crippen LogP contribution < -0.4 is 10.6 Å². The number of amides is 1. The third kappa shape index (κ3) is 7.66. The molecule has 1 unspecified atom stereocenters. The fraction of sp³-hybridized carbons (Fsp3) is 0.929. The van der Waals surface area contributed by atoms with Gasteiger partial charge in [0.2, 0.25) is 5.91 Å². The summed E-state index contributed by atoms with van der Waals surface area (Å²) in [5.41, 5.74) is 0. The molecule has 21 heavy (non-hydrogen) atoms. The van der Waals surface area contributed by atoms with Crippen LogP contribution in [0, 0.1) is 0 Å². The molecule has 1 saturated carbocycles. The maximum atomic E-state index is 11.8. The lowest BCUT2D eigenvalue weighted by molar-refractivity contribution is -0.124. The van der Waals surface area contributed by atoms with Gasteiger partial charge < -0.3 is 20.3 Å². The van der Waals surface area contributed by atoms with Crippen molar-refractivity contribution in [2.45, 2.75) is 44.2 Å². The van der Waals surface area contributed by atoms with Crippen LogP contribution in [-0.4, -0.2) is 62.8 Å². The van der Waals surface area contributed by atoms with Gasteiger partial charge in [-0.15, -0.1) is 24.8 Å². The Morgan fingerprint density at radius 2 is 2.05 bits per heavy atom. The lowest BCUT2D eigenvalue weighted by Gasteiger charge is -2.25. The summed E-state index contributed by atoms with van der Waals surface area (Å²) in [5, 5.41) is 6.23. The number of rotatable bonds is 6. The topological polar surface area (TPSA) is 53.6 Å². The maximum Gasteiger partial charge on any atom is 0.222 e. The Hall–Kier alpha value is -0.0700. The van der Waals surface area contributed by atoms with Crippen molar-refractivity contribution in [3.63, 3.8) is 0 Å². The highest BCUT2D eigenvalue weighted by atomic mass is 35.5. The van der Waals surface area contributed by atoms with Gasteiger partial charge in [0.05, 0.1) is 19.1 Å². The molecule has 0 bridgehead atoms. The van der Waals surface area contributed by atoms with E-state index in [0.29, 0.717) is 13.0 Å². The summed E-state index contributed by atoms with van der Waals surface area (Å²) in [7, 11) is 2.16. The highest BCUT2D eigenvalue weighted by Crippen LogP contribution is 2.21. The molecule has 2 aliphatic rings. The predicted octanol–water partition coefficient (Wildman–Crippen LogP) is 1.20. The van der Waals surface area contributed by atoms with E-state index in [1.54, 1.807) is 0 Å². The van der Waals surface area contributed by atoms with Crippen molar-refractivity contribution in [3.05, 3.63) is 0 Å². The van der Waals surface area contributed by atoms with Gasteiger partial charge in [0.1, 0.15) is 0 Å². The first-order valence-corrected chi connectivity index (χ1v) is 7.55. The van der Waals surface area contributed by atoms with Crippen LogP contribution in [0.15, 0.2) is 0 Å². The summed E-state index contributed by atoms with van der Waals surface area (Å²) in [6.45, 7) is 4.08. The van der Waals surface area contributed by atoms with E-state index in [9.17, 15) is 4.79 Å². The summed E-state index contributed by atoms with van der Waals surface area (Å²) in [4.78, 5) is 14.2. The Kier molecular flexibility index (Phi) is 11.5. The molecule has 1 aliphatic heterocycles. The highest BCUT2D eigenvalue weighted by Gasteiger charge is 2.20. The Labute approximate surface area is 140 Å². The standard InChI is InChI=1S/C14H27N3O2.2ClH/c1-17(12-4-2-3-5-12)8-6-16-14(18)10-13-11-15-7-9-19-13;;/h12-13,15H,2-11H2,1H3,(H,16,18);2*1H. The van der Waals surface area contributed by atoms with E-state index in [1.165, 1.54) is 25.7 Å². The molecule has 2 fully saturated rings. The van der Waals surface area contributed by atoms with Crippen molar-refractivity contribution in [1.29, 1.82) is 0 Å². The van der Waals surface area contributed by atoms with E-state index >= 15 is 0 Å². The average Bonchev–Trinajstić information content (AvgIpc) is 2.93. The number of hydrogen-bond acceptors (Lipinski definition) is 4. The van der Waals surface area contributed by atoms with Crippen molar-refractivity contribution < 1.29 is 9.53 Å². The molecule has 0 aromatic rings. The maximum absolute atomic E-state index is 11.8. The zero-order valence-electron chi connectivity index (χ0n) is 12.8. The van der Waals surface area contributed by atoms with Gasteiger partial charge in [-0.3, -0.25) is 4.79 Å². The summed E-state index contributed by atoms with van der Waals surface area (Å²) >= 11 is 0. The van der Waals surface area contributed by atoms with Crippen molar-refractivity contribution in [1.82, 2.24) is 15.5 Å². The third-order valence-corrected chi connectivity index (χ3v) is 4.15. The molecular formula is C14H29Cl2N3O2. The zero-order valence-corrected chi connectivity index (χ0v) is 14.4. The quantitative estimate of drug-likeness (QED) is 0.762. The monoisotopic (exact) mass is 341 g/mol. The molecule has 5 nitrogen and oxygen atoms in total. The van der Waals surface area contributed by atoms with E-state index in [2.05, 4.69) is 22.6 Å². The van der Waals surface area contributed by atoms with Crippen molar-refractivity contribution in [2.24, 2.45) is 0 Å². The molecule has 0 aromatic heterocycles. The Morgan fingerprint density at radius 3 is 2.67 bits per heavy atom. The number of likely N-dealkylation sites (N-methyl/N-ethyl adjacent to an activating group) is 1. The number of ether oxygens (including phenoxy) is 1. The lowest BCUT2D eigenvalue weighted by Crippen LogP contribution is -2.42. The van der Waals surface area contributed by atoms with Gasteiger partial charge in [0.25, 0.3) is 0 Å². The van der Waals surface area contributed by atoms with Crippen molar-refractivity contribution in [2.75, 3.05) is 39.8 Å². The van der Waals surface area contributed by atoms with Crippen molar-refractivity contribution in [3.8, 4) is 0 Å². The largest absolute Gasteiger partial charge is 0.375 e. The van der Waals surface area contributed by atoms with Gasteiger partial charge in [0.15, 0.2) is 0 Å². The second-order valence-electron chi connectivity index (χ2n) is 5.67. The lowest BCUT2D eigenvalue weighted by atomic mass is 10.2. The first-order chi connectivity index (χ1) is 9.25. The van der Waals surface area contributed by atoms with Gasteiger partial charge >= 0.3 is 0 Å². The van der Waals surface area contributed by atoms with Gasteiger partial charge in [0, 0.05) is 32.2 Å². The van der Waals surface area contributed by atoms with Crippen LogP contribution >= 0.6 is 24.8 Å². The molecule has 1 saturated heterocycles. The number of morpholine rings is 1. The third-order valence-electron chi connectivity index (χ3n) is 4.15. The molecule has 2 rings (SSSR count). The molecule has 0 spiro atoms. The molecule has 126 valence electrons. The number of nitrogens with zero attached hydrogens (tertiary/aromatic N) is 1. The van der Waals surface area contributed by atoms with Crippen LogP contribution in [-0.2, 0) is 9.53 Å². The van der Waals surface area contributed by atoms with E-state index in [0.717, 1.165) is 32.2 Å². The summed E-state index contributed by atoms with van der Waals surface area (Å²) in [6, 6.07) is 0.725. The second kappa shape index (κ2) is 11.5. The first-order valence-electron chi connectivity index (χ1n) is 7.55. The minimum absolute atomic E-state index is 0. The van der Waals surface area contributed by atoms with Gasteiger partial charge in [-0.2, -0.15) is 0 Å². The zero-order chi connectivity index (χ0) is 13.5. The normalized spacial score (nSPS) is 22.5. The number of carbonyl (C=O) groups excluding carboxylic acids is 1. The minimum atomic E-state index is 0. The molecule has 2 N–H and O–H groups in total. The number of carbonyl (C=O) groups is 1. The smallest absolute Gasteiger partial charge is 0.222 e. The molecule has 1 atom stereocenters. The summed E-state index contributed by atoms with van der Waals surface area (Å²) in [5.74, 6) is 0.105. The van der Waals surface area contributed by atoms with E-state index < -0.39 is 0 Å². The van der Waals surface area contributed by atoms with Gasteiger partial charge in [-0.05, 0) is 19.9 Å². The van der Waals surface area contributed by atoms with Crippen LogP contribution in [0.4, 0.5) is 0 Å². The van der Waals surface area contributed by atoms with Crippen molar-refractivity contribution >= 4 is 30.7 Å². The molecule has 0 radical (unpaired) electrons. The van der Waals surface area contributed by atoms with Gasteiger partial charge in [-0.1, -0.05) is 12.8 Å². The number of nitrogens with one attached hydrogen (secondary N) is 2. The van der Waals surface area contributed by atoms with E-state index in [4.69, 9.17) is 4.74 Å². The Morgan fingerprint density at radius 1 is 1.33 bits per heavy atom. The van der Waals surface area contributed by atoms with E-state index in [-0.39, 0.29) is 36.8 Å². The average molecular weight is 342 g/mol. The molecule has 1 aliphatic carbocycles. The first kappa shape index (κ1) is 20.9. The van der Waals surface area contributed by atoms with E-state index in [1.807, 2.05) is 0 Å². The molecule has 7 heteroatoms. The SMILES string of the molecule is CN(CCNC(=O)CC1CNCCO1)C1CCCC1.Cl.Cl. The van der Waals surface area contributed by atoms with Crippen LogP contribution in [0.1, 0.15) is 32.1 Å². The second-order valence-corrected chi connectivity index (χ2v) is 5.67. The molecular weight excluding hydrogens is 313 g/mol. The van der Waals surface area contributed by atoms with Crippen LogP contribution in [0.5, 0.6) is 0 Å². The Bertz CT molecular complexity index is 283. The Balaban J connectivity index is 0.00000200. The summed E-state index contributed by atoms with van der Waals surface area (Å²) < 4.78 is 5.52. The fourth-order valence-electron chi connectivity index (χ4n) is 2.93. The number of hydrogen-bond donors (Lipinski definition) is 2. The van der Waals surface area contributed by atoms with Crippen LogP contribution in [0.2, 0.25) is 0 Å². The summed E-state index contributed by atoms with van der Waals surface area (Å²) in [6.07, 6.45) is 5.85. The minimum Gasteiger partial charge on any atom is -0.375 e. The molecule has 0 aromatic carbocycles. The predicted molar refractivity (Wildman–Crippen MR) is 89.6 cm³/mol. The van der Waals surface area contributed by atoms with Crippen LogP contribution in [0.25, 0.3) is 0 Å². The fourth-order valence-corrected chi connectivity index (χ4v) is 2.93. The molecule has 1 heterocycles. The van der Waals surface area contributed by atoms with Gasteiger partial charge in [-0.25, -0.2) is 0 Å². The molecule has 1 amide bonds. The highest BCUT2D eigenvalue weighted by molar-refractivity contribution is 5.85.